The Morgan fingerprint density at radius 1 is 1.22 bits per heavy atom. The van der Waals surface area contributed by atoms with E-state index < -0.39 is 0 Å². The zero-order valence-electron chi connectivity index (χ0n) is 18.7. The van der Waals surface area contributed by atoms with Gasteiger partial charge in [-0.15, -0.1) is 16.8 Å². The SMILES string of the molecule is C=CCn1c(SCC(=O)Nc2ccc(C)cc2C)nnc1C(C)Oc1cc(C)ccc1Cl. The van der Waals surface area contributed by atoms with Gasteiger partial charge in [0, 0.05) is 12.2 Å². The van der Waals surface area contributed by atoms with Crippen molar-refractivity contribution in [3.05, 3.63) is 76.6 Å². The second-order valence-electron chi connectivity index (χ2n) is 7.59. The van der Waals surface area contributed by atoms with E-state index in [4.69, 9.17) is 16.3 Å². The van der Waals surface area contributed by atoms with Gasteiger partial charge < -0.3 is 10.1 Å². The number of aromatic nitrogens is 3. The van der Waals surface area contributed by atoms with Gasteiger partial charge in [-0.1, -0.05) is 53.2 Å². The highest BCUT2D eigenvalue weighted by Crippen LogP contribution is 2.30. The minimum atomic E-state index is -0.389. The van der Waals surface area contributed by atoms with E-state index in [1.165, 1.54) is 11.8 Å². The van der Waals surface area contributed by atoms with Crippen LogP contribution in [0.15, 0.2) is 54.2 Å². The first-order valence-corrected chi connectivity index (χ1v) is 11.6. The number of thioether (sulfide) groups is 1. The number of allylic oxidation sites excluding steroid dienone is 1. The lowest BCUT2D eigenvalue weighted by Crippen LogP contribution is -2.16. The average molecular weight is 471 g/mol. The molecular weight excluding hydrogens is 444 g/mol. The lowest BCUT2D eigenvalue weighted by Gasteiger charge is -2.17. The molecule has 3 aromatic rings. The Morgan fingerprint density at radius 3 is 2.66 bits per heavy atom. The molecule has 1 heterocycles. The average Bonchev–Trinajstić information content (AvgIpc) is 3.14. The van der Waals surface area contributed by atoms with Crippen LogP contribution in [0.3, 0.4) is 0 Å². The number of halogens is 1. The molecule has 1 amide bonds. The number of rotatable bonds is 9. The van der Waals surface area contributed by atoms with Crippen LogP contribution in [0.5, 0.6) is 5.75 Å². The van der Waals surface area contributed by atoms with Crippen molar-refractivity contribution in [1.29, 1.82) is 0 Å². The van der Waals surface area contributed by atoms with E-state index in [9.17, 15) is 4.79 Å². The van der Waals surface area contributed by atoms with E-state index in [1.54, 1.807) is 6.08 Å². The minimum Gasteiger partial charge on any atom is -0.481 e. The van der Waals surface area contributed by atoms with Crippen LogP contribution in [0.2, 0.25) is 5.02 Å². The fourth-order valence-electron chi connectivity index (χ4n) is 3.22. The van der Waals surface area contributed by atoms with E-state index in [0.717, 1.165) is 22.4 Å². The molecule has 1 unspecified atom stereocenters. The number of aryl methyl sites for hydroxylation is 3. The first-order chi connectivity index (χ1) is 15.3. The van der Waals surface area contributed by atoms with Gasteiger partial charge >= 0.3 is 0 Å². The molecule has 0 aliphatic heterocycles. The Balaban J connectivity index is 1.70. The Kier molecular flexibility index (Phi) is 7.99. The highest BCUT2D eigenvalue weighted by molar-refractivity contribution is 7.99. The number of hydrogen-bond acceptors (Lipinski definition) is 5. The Bertz CT molecular complexity index is 1130. The number of nitrogens with one attached hydrogen (secondary N) is 1. The maximum atomic E-state index is 12.5. The molecule has 1 aromatic heterocycles. The number of hydrogen-bond donors (Lipinski definition) is 1. The van der Waals surface area contributed by atoms with Gasteiger partial charge in [-0.25, -0.2) is 0 Å². The maximum absolute atomic E-state index is 12.5. The largest absolute Gasteiger partial charge is 0.481 e. The molecule has 32 heavy (non-hydrogen) atoms. The zero-order valence-corrected chi connectivity index (χ0v) is 20.3. The molecule has 0 saturated heterocycles. The van der Waals surface area contributed by atoms with Crippen LogP contribution in [0.4, 0.5) is 5.69 Å². The fraction of sp³-hybridized carbons (Fsp3) is 0.292. The molecule has 3 rings (SSSR count). The third kappa shape index (κ3) is 5.93. The zero-order chi connectivity index (χ0) is 23.3. The summed E-state index contributed by atoms with van der Waals surface area (Å²) in [4.78, 5) is 12.5. The third-order valence-electron chi connectivity index (χ3n) is 4.80. The highest BCUT2D eigenvalue weighted by Gasteiger charge is 2.20. The molecule has 8 heteroatoms. The van der Waals surface area contributed by atoms with Gasteiger partial charge in [0.25, 0.3) is 0 Å². The molecule has 0 aliphatic rings. The number of ether oxygens (including phenoxy) is 1. The smallest absolute Gasteiger partial charge is 0.234 e. The second kappa shape index (κ2) is 10.7. The molecule has 0 fully saturated rings. The lowest BCUT2D eigenvalue weighted by atomic mass is 10.1. The maximum Gasteiger partial charge on any atom is 0.234 e. The van der Waals surface area contributed by atoms with Crippen LogP contribution in [-0.4, -0.2) is 26.4 Å². The molecule has 2 aromatic carbocycles. The summed E-state index contributed by atoms with van der Waals surface area (Å²) in [5.41, 5.74) is 4.05. The van der Waals surface area contributed by atoms with E-state index >= 15 is 0 Å². The van der Waals surface area contributed by atoms with E-state index in [0.29, 0.717) is 28.3 Å². The number of carbonyl (C=O) groups is 1. The molecule has 6 nitrogen and oxygen atoms in total. The summed E-state index contributed by atoms with van der Waals surface area (Å²) in [6, 6.07) is 11.6. The summed E-state index contributed by atoms with van der Waals surface area (Å²) in [5.74, 6) is 1.34. The molecular formula is C24H27ClN4O2S. The monoisotopic (exact) mass is 470 g/mol. The van der Waals surface area contributed by atoms with Crippen molar-refractivity contribution in [2.45, 2.75) is 45.5 Å². The first-order valence-electron chi connectivity index (χ1n) is 10.2. The van der Waals surface area contributed by atoms with Gasteiger partial charge in [0.05, 0.1) is 10.8 Å². The van der Waals surface area contributed by atoms with Gasteiger partial charge in [-0.05, 0) is 57.0 Å². The number of benzene rings is 2. The van der Waals surface area contributed by atoms with Crippen LogP contribution in [0.1, 0.15) is 35.5 Å². The standard InChI is InChI=1S/C24H27ClN4O2S/c1-6-11-29-23(18(5)31-21-13-16(3)7-9-19(21)25)27-28-24(29)32-14-22(30)26-20-10-8-15(2)12-17(20)4/h6-10,12-13,18H,1,11,14H2,2-5H3,(H,26,30). The molecule has 0 radical (unpaired) electrons. The topological polar surface area (TPSA) is 69.0 Å². The van der Waals surface area contributed by atoms with E-state index in [1.807, 2.05) is 68.7 Å². The van der Waals surface area contributed by atoms with Gasteiger partial charge in [-0.3, -0.25) is 9.36 Å². The quantitative estimate of drug-likeness (QED) is 0.311. The van der Waals surface area contributed by atoms with Gasteiger partial charge in [-0.2, -0.15) is 0 Å². The third-order valence-corrected chi connectivity index (χ3v) is 6.08. The molecule has 0 bridgehead atoms. The molecule has 1 atom stereocenters. The normalized spacial score (nSPS) is 11.8. The fourth-order valence-corrected chi connectivity index (χ4v) is 4.14. The highest BCUT2D eigenvalue weighted by atomic mass is 35.5. The van der Waals surface area contributed by atoms with Crippen molar-refractivity contribution in [2.75, 3.05) is 11.1 Å². The minimum absolute atomic E-state index is 0.104. The summed E-state index contributed by atoms with van der Waals surface area (Å²) in [7, 11) is 0. The van der Waals surface area contributed by atoms with Crippen molar-refractivity contribution >= 4 is 35.0 Å². The first kappa shape index (κ1) is 23.9. The summed E-state index contributed by atoms with van der Waals surface area (Å²) >= 11 is 7.59. The Labute approximate surface area is 198 Å². The van der Waals surface area contributed by atoms with Gasteiger partial charge in [0.2, 0.25) is 5.91 Å². The Hall–Kier alpha value is -2.77. The molecule has 0 aliphatic carbocycles. The van der Waals surface area contributed by atoms with Gasteiger partial charge in [0.1, 0.15) is 5.75 Å². The van der Waals surface area contributed by atoms with Crippen molar-refractivity contribution in [3.8, 4) is 5.75 Å². The van der Waals surface area contributed by atoms with E-state index in [-0.39, 0.29) is 17.8 Å². The van der Waals surface area contributed by atoms with Crippen LogP contribution in [0.25, 0.3) is 0 Å². The number of carbonyl (C=O) groups excluding carboxylic acids is 1. The molecule has 168 valence electrons. The van der Waals surface area contributed by atoms with Crippen molar-refractivity contribution in [2.24, 2.45) is 0 Å². The van der Waals surface area contributed by atoms with Crippen LogP contribution in [-0.2, 0) is 11.3 Å². The van der Waals surface area contributed by atoms with Crippen molar-refractivity contribution < 1.29 is 9.53 Å². The van der Waals surface area contributed by atoms with Crippen LogP contribution in [0, 0.1) is 20.8 Å². The van der Waals surface area contributed by atoms with Crippen LogP contribution < -0.4 is 10.1 Å². The summed E-state index contributed by atoms with van der Waals surface area (Å²) in [6.07, 6.45) is 1.37. The predicted octanol–water partition coefficient (Wildman–Crippen LogP) is 5.91. The summed E-state index contributed by atoms with van der Waals surface area (Å²) in [5, 5.41) is 12.7. The molecule has 0 saturated carbocycles. The number of anilines is 1. The van der Waals surface area contributed by atoms with Crippen molar-refractivity contribution in [1.82, 2.24) is 14.8 Å². The molecule has 1 N–H and O–H groups in total. The predicted molar refractivity (Wildman–Crippen MR) is 131 cm³/mol. The number of amides is 1. The lowest BCUT2D eigenvalue weighted by molar-refractivity contribution is -0.113. The van der Waals surface area contributed by atoms with E-state index in [2.05, 4.69) is 22.1 Å². The number of nitrogens with zero attached hydrogens (tertiary/aromatic N) is 3. The Morgan fingerprint density at radius 2 is 1.94 bits per heavy atom. The van der Waals surface area contributed by atoms with Gasteiger partial charge in [0.15, 0.2) is 17.1 Å². The second-order valence-corrected chi connectivity index (χ2v) is 8.94. The molecule has 0 spiro atoms. The van der Waals surface area contributed by atoms with Crippen LogP contribution >= 0.6 is 23.4 Å². The van der Waals surface area contributed by atoms with Crippen molar-refractivity contribution in [3.63, 3.8) is 0 Å². The summed E-state index contributed by atoms with van der Waals surface area (Å²) < 4.78 is 7.96. The summed E-state index contributed by atoms with van der Waals surface area (Å²) in [6.45, 7) is 12.2.